The number of likely N-dealkylation sites (tertiary alicyclic amines) is 1. The number of rotatable bonds is 4. The van der Waals surface area contributed by atoms with Crippen molar-refractivity contribution < 1.29 is 13.2 Å². The van der Waals surface area contributed by atoms with Crippen LogP contribution in [0.5, 0.6) is 0 Å². The predicted octanol–water partition coefficient (Wildman–Crippen LogP) is 1.07. The van der Waals surface area contributed by atoms with Crippen LogP contribution >= 0.6 is 0 Å². The van der Waals surface area contributed by atoms with Gasteiger partial charge in [-0.2, -0.15) is 19.7 Å². The number of nitrogens with zero attached hydrogens (tertiary/aromatic N) is 7. The van der Waals surface area contributed by atoms with Crippen LogP contribution in [-0.2, 0) is 16.4 Å². The minimum Gasteiger partial charge on any atom is -0.338 e. The van der Waals surface area contributed by atoms with Crippen molar-refractivity contribution in [3.05, 3.63) is 35.7 Å². The maximum absolute atomic E-state index is 13.1. The Kier molecular flexibility index (Phi) is 4.85. The number of fused-ring (bicyclic) bond motifs is 1. The highest BCUT2D eigenvalue weighted by molar-refractivity contribution is 7.90. The Morgan fingerprint density at radius 3 is 2.72 bits per heavy atom. The van der Waals surface area contributed by atoms with Crippen LogP contribution in [0.4, 0.5) is 0 Å². The van der Waals surface area contributed by atoms with E-state index < -0.39 is 9.84 Å². The molecule has 0 N–H and O–H groups in total. The summed E-state index contributed by atoms with van der Waals surface area (Å²) in [4.78, 5) is 23.2. The number of aromatic nitrogens is 6. The van der Waals surface area contributed by atoms with Gasteiger partial charge in [0.2, 0.25) is 0 Å². The zero-order valence-electron chi connectivity index (χ0n) is 16.6. The SMILES string of the molecule is CCn1ncc(C(=O)N2CCCC(c3c(S(C)(=O)=O)cnc4ncnn34)C2)c1C. The highest BCUT2D eigenvalue weighted by atomic mass is 32.2. The molecule has 4 rings (SSSR count). The van der Waals surface area contributed by atoms with Crippen LogP contribution in [0.15, 0.2) is 23.6 Å². The summed E-state index contributed by atoms with van der Waals surface area (Å²) >= 11 is 0. The molecule has 0 aliphatic carbocycles. The van der Waals surface area contributed by atoms with E-state index in [0.29, 0.717) is 36.7 Å². The van der Waals surface area contributed by atoms with Gasteiger partial charge in [0.05, 0.1) is 23.7 Å². The highest BCUT2D eigenvalue weighted by Gasteiger charge is 2.32. The number of sulfone groups is 1. The molecular formula is C18H23N7O3S. The summed E-state index contributed by atoms with van der Waals surface area (Å²) in [6, 6.07) is 0. The first-order valence-electron chi connectivity index (χ1n) is 9.51. The third-order valence-corrected chi connectivity index (χ3v) is 6.55. The number of carbonyl (C=O) groups excluding carboxylic acids is 1. The van der Waals surface area contributed by atoms with E-state index in [2.05, 4.69) is 20.2 Å². The minimum atomic E-state index is -3.52. The molecule has 3 aromatic heterocycles. The molecule has 1 saturated heterocycles. The Bertz CT molecular complexity index is 1180. The average molecular weight is 417 g/mol. The molecule has 0 spiro atoms. The van der Waals surface area contributed by atoms with Crippen LogP contribution in [0.1, 0.15) is 47.4 Å². The standard InChI is InChI=1S/C18H23N7O3S/c1-4-24-12(2)14(8-21-24)17(26)23-7-5-6-13(10-23)16-15(29(3,27)28)9-19-18-20-11-22-25(16)18/h8-9,11,13H,4-7,10H2,1-3H3. The molecule has 10 nitrogen and oxygen atoms in total. The Morgan fingerprint density at radius 2 is 2.03 bits per heavy atom. The van der Waals surface area contributed by atoms with E-state index in [1.807, 2.05) is 13.8 Å². The van der Waals surface area contributed by atoms with Crippen LogP contribution < -0.4 is 0 Å². The van der Waals surface area contributed by atoms with E-state index in [-0.39, 0.29) is 16.7 Å². The number of hydrogen-bond acceptors (Lipinski definition) is 7. The molecule has 1 unspecified atom stereocenters. The van der Waals surface area contributed by atoms with E-state index in [1.54, 1.807) is 15.8 Å². The second-order valence-electron chi connectivity index (χ2n) is 7.30. The van der Waals surface area contributed by atoms with Crippen molar-refractivity contribution in [2.45, 2.75) is 44.0 Å². The van der Waals surface area contributed by atoms with Gasteiger partial charge in [-0.05, 0) is 26.7 Å². The second kappa shape index (κ2) is 7.21. The molecule has 1 aliphatic rings. The Hall–Kier alpha value is -2.82. The van der Waals surface area contributed by atoms with Gasteiger partial charge >= 0.3 is 0 Å². The number of aryl methyl sites for hydroxylation is 1. The van der Waals surface area contributed by atoms with E-state index in [9.17, 15) is 13.2 Å². The van der Waals surface area contributed by atoms with Gasteiger partial charge in [-0.25, -0.2) is 13.4 Å². The summed E-state index contributed by atoms with van der Waals surface area (Å²) in [7, 11) is -3.52. The molecule has 154 valence electrons. The fraction of sp³-hybridized carbons (Fsp3) is 0.500. The molecule has 3 aromatic rings. The largest absolute Gasteiger partial charge is 0.338 e. The topological polar surface area (TPSA) is 115 Å². The zero-order valence-corrected chi connectivity index (χ0v) is 17.4. The molecule has 0 bridgehead atoms. The van der Waals surface area contributed by atoms with E-state index >= 15 is 0 Å². The molecule has 0 radical (unpaired) electrons. The fourth-order valence-electron chi connectivity index (χ4n) is 3.97. The van der Waals surface area contributed by atoms with Crippen molar-refractivity contribution in [2.24, 2.45) is 0 Å². The predicted molar refractivity (Wildman–Crippen MR) is 104 cm³/mol. The van der Waals surface area contributed by atoms with Crippen molar-refractivity contribution >= 4 is 21.5 Å². The highest BCUT2D eigenvalue weighted by Crippen LogP contribution is 2.32. The van der Waals surface area contributed by atoms with Crippen molar-refractivity contribution in [3.8, 4) is 0 Å². The molecule has 29 heavy (non-hydrogen) atoms. The van der Waals surface area contributed by atoms with Crippen molar-refractivity contribution in [1.82, 2.24) is 34.3 Å². The second-order valence-corrected chi connectivity index (χ2v) is 9.29. The van der Waals surface area contributed by atoms with Crippen LogP contribution in [0, 0.1) is 6.92 Å². The van der Waals surface area contributed by atoms with Crippen molar-refractivity contribution in [2.75, 3.05) is 19.3 Å². The molecule has 1 aliphatic heterocycles. The summed E-state index contributed by atoms with van der Waals surface area (Å²) in [6.07, 6.45) is 6.97. The Morgan fingerprint density at radius 1 is 1.24 bits per heavy atom. The molecule has 1 fully saturated rings. The first-order valence-corrected chi connectivity index (χ1v) is 11.4. The molecule has 0 saturated carbocycles. The van der Waals surface area contributed by atoms with E-state index in [4.69, 9.17) is 0 Å². The van der Waals surface area contributed by atoms with Gasteiger partial charge in [-0.15, -0.1) is 0 Å². The summed E-state index contributed by atoms with van der Waals surface area (Å²) < 4.78 is 28.0. The Balaban J connectivity index is 1.71. The smallest absolute Gasteiger partial charge is 0.257 e. The summed E-state index contributed by atoms with van der Waals surface area (Å²) in [5, 5.41) is 8.45. The monoisotopic (exact) mass is 417 g/mol. The minimum absolute atomic E-state index is 0.0864. The lowest BCUT2D eigenvalue weighted by Gasteiger charge is -2.33. The van der Waals surface area contributed by atoms with Crippen LogP contribution in [0.3, 0.4) is 0 Å². The third kappa shape index (κ3) is 3.39. The first-order chi connectivity index (χ1) is 13.8. The lowest BCUT2D eigenvalue weighted by Crippen LogP contribution is -2.40. The summed E-state index contributed by atoms with van der Waals surface area (Å²) in [5.41, 5.74) is 1.95. The van der Waals surface area contributed by atoms with Gasteiger partial charge in [-0.3, -0.25) is 9.48 Å². The number of carbonyl (C=O) groups is 1. The van der Waals surface area contributed by atoms with Crippen molar-refractivity contribution in [3.63, 3.8) is 0 Å². The normalized spacial score (nSPS) is 17.8. The zero-order chi connectivity index (χ0) is 20.8. The first kappa shape index (κ1) is 19.5. The van der Waals surface area contributed by atoms with Crippen LogP contribution in [0.25, 0.3) is 5.78 Å². The van der Waals surface area contributed by atoms with Gasteiger partial charge in [0.15, 0.2) is 9.84 Å². The molecule has 1 atom stereocenters. The molecule has 1 amide bonds. The van der Waals surface area contributed by atoms with Gasteiger partial charge in [0, 0.05) is 37.5 Å². The summed E-state index contributed by atoms with van der Waals surface area (Å²) in [6.45, 7) is 5.57. The molecular weight excluding hydrogens is 394 g/mol. The quantitative estimate of drug-likeness (QED) is 0.623. The van der Waals surface area contributed by atoms with Crippen LogP contribution in [0.2, 0.25) is 0 Å². The molecule has 4 heterocycles. The maximum Gasteiger partial charge on any atom is 0.257 e. The number of amides is 1. The molecule has 0 aromatic carbocycles. The number of piperidine rings is 1. The van der Waals surface area contributed by atoms with Gasteiger partial charge in [0.25, 0.3) is 11.7 Å². The fourth-order valence-corrected chi connectivity index (χ4v) is 4.85. The lowest BCUT2D eigenvalue weighted by atomic mass is 9.94. The van der Waals surface area contributed by atoms with Gasteiger partial charge in [-0.1, -0.05) is 0 Å². The lowest BCUT2D eigenvalue weighted by molar-refractivity contribution is 0.0703. The molecule has 11 heteroatoms. The van der Waals surface area contributed by atoms with Gasteiger partial charge in [0.1, 0.15) is 11.2 Å². The van der Waals surface area contributed by atoms with Crippen LogP contribution in [-0.4, -0.2) is 67.9 Å². The third-order valence-electron chi connectivity index (χ3n) is 5.44. The number of hydrogen-bond donors (Lipinski definition) is 0. The summed E-state index contributed by atoms with van der Waals surface area (Å²) in [5.74, 6) is 0.0683. The van der Waals surface area contributed by atoms with Gasteiger partial charge < -0.3 is 4.90 Å². The van der Waals surface area contributed by atoms with E-state index in [0.717, 1.165) is 24.8 Å². The van der Waals surface area contributed by atoms with E-state index in [1.165, 1.54) is 17.0 Å². The average Bonchev–Trinajstić information content (AvgIpc) is 3.32. The van der Waals surface area contributed by atoms with Crippen molar-refractivity contribution in [1.29, 1.82) is 0 Å². The maximum atomic E-state index is 13.1. The Labute approximate surface area is 168 Å².